The van der Waals surface area contributed by atoms with Crippen LogP contribution >= 0.6 is 0 Å². The minimum atomic E-state index is -0.341. The fraction of sp³-hybridized carbons (Fsp3) is 0.424. The van der Waals surface area contributed by atoms with E-state index < -0.39 is 0 Å². The van der Waals surface area contributed by atoms with Crippen LogP contribution in [0.25, 0.3) is 0 Å². The highest BCUT2D eigenvalue weighted by Gasteiger charge is 2.32. The van der Waals surface area contributed by atoms with Gasteiger partial charge in [-0.25, -0.2) is 4.79 Å². The van der Waals surface area contributed by atoms with E-state index in [2.05, 4.69) is 0 Å². The molecule has 1 unspecified atom stereocenters. The van der Waals surface area contributed by atoms with Gasteiger partial charge in [-0.05, 0) is 45.6 Å². The number of anilines is 2. The minimum Gasteiger partial charge on any atom is -0.493 e. The van der Waals surface area contributed by atoms with E-state index in [9.17, 15) is 19.8 Å². The van der Waals surface area contributed by atoms with E-state index in [0.29, 0.717) is 54.8 Å². The number of ether oxygens (including phenoxy) is 4. The molecule has 2 heterocycles. The summed E-state index contributed by atoms with van der Waals surface area (Å²) in [6.07, 6.45) is 6.84. The van der Waals surface area contributed by atoms with E-state index in [4.69, 9.17) is 30.4 Å². The third-order valence-corrected chi connectivity index (χ3v) is 7.77. The maximum absolute atomic E-state index is 13.2. The first kappa shape index (κ1) is 33.3. The number of methoxy groups -OCH3 is 2. The number of unbranched alkanes of at least 4 members (excludes halogenated alkanes) is 2. The van der Waals surface area contributed by atoms with Crippen molar-refractivity contribution in [2.75, 3.05) is 52.1 Å². The van der Waals surface area contributed by atoms with Gasteiger partial charge in [-0.3, -0.25) is 4.79 Å². The topological polar surface area (TPSA) is 170 Å². The lowest BCUT2D eigenvalue weighted by Gasteiger charge is -2.23. The smallest absolute Gasteiger partial charge is 0.426 e. The van der Waals surface area contributed by atoms with Crippen molar-refractivity contribution in [3.05, 3.63) is 58.9 Å². The first-order chi connectivity index (χ1) is 21.6. The van der Waals surface area contributed by atoms with Crippen molar-refractivity contribution < 1.29 is 43.3 Å². The quantitative estimate of drug-likeness (QED) is 0.139. The van der Waals surface area contributed by atoms with Gasteiger partial charge >= 0.3 is 5.91 Å². The second-order valence-corrected chi connectivity index (χ2v) is 11.2. The molecule has 12 nitrogen and oxygen atoms in total. The molecule has 0 spiro atoms. The molecule has 2 aromatic rings. The summed E-state index contributed by atoms with van der Waals surface area (Å²) in [7, 11) is 2.99. The molecule has 4 rings (SSSR count). The number of aliphatic hydroxyl groups excluding tert-OH is 2. The maximum atomic E-state index is 13.2. The molecule has 0 saturated heterocycles. The summed E-state index contributed by atoms with van der Waals surface area (Å²) < 4.78 is 24.2. The van der Waals surface area contributed by atoms with E-state index in [0.717, 1.165) is 30.4 Å². The number of hydrogen-bond donors (Lipinski definition) is 4. The molecule has 6 N–H and O–H groups in total. The predicted octanol–water partition coefficient (Wildman–Crippen LogP) is 3.50. The lowest BCUT2D eigenvalue weighted by molar-refractivity contribution is -0.351. The van der Waals surface area contributed by atoms with Gasteiger partial charge in [0.2, 0.25) is 0 Å². The van der Waals surface area contributed by atoms with Crippen LogP contribution in [0.2, 0.25) is 0 Å². The van der Waals surface area contributed by atoms with Crippen molar-refractivity contribution in [2.24, 2.45) is 0 Å². The molecule has 1 atom stereocenters. The minimum absolute atomic E-state index is 0.139. The van der Waals surface area contributed by atoms with Crippen LogP contribution in [0.5, 0.6) is 23.0 Å². The second kappa shape index (κ2) is 15.0. The number of nitrogens with zero attached hydrogens (tertiary/aromatic N) is 2. The largest absolute Gasteiger partial charge is 0.493 e. The predicted molar refractivity (Wildman–Crippen MR) is 170 cm³/mol. The number of nitrogen functional groups attached to an aromatic ring is 2. The van der Waals surface area contributed by atoms with Crippen molar-refractivity contribution in [3.8, 4) is 23.0 Å². The summed E-state index contributed by atoms with van der Waals surface area (Å²) in [6.45, 7) is 4.24. The molecular weight excluding hydrogens is 580 g/mol. The summed E-state index contributed by atoms with van der Waals surface area (Å²) in [5.74, 6) is 1.00. The van der Waals surface area contributed by atoms with Gasteiger partial charge < -0.3 is 45.5 Å². The SMILES string of the molecule is COc1cc(C(=O)N2C=C(C)CC2CO)c(N)cc1OCCCCCOc1cc(N)c(C(=O)[N+]2=C(CO)CC(C)=C2)cc1OC. The molecule has 0 aliphatic carbocycles. The standard InChI is InChI=1S/C33H42N4O8/c1-20-10-22(18-38)36(16-20)32(40)24-12-28(42-3)30(14-26(24)34)44-8-6-5-7-9-45-31-15-27(35)25(13-29(31)43-4)33(41)37-17-21(2)11-23(37)19-39/h12-17,22,38-39H,5-11,18-19H2,1-4H3,(H3-,34,35,40,41)/p+1. The van der Waals surface area contributed by atoms with Crippen LogP contribution < -0.4 is 30.4 Å². The van der Waals surface area contributed by atoms with Gasteiger partial charge in [0.25, 0.3) is 5.91 Å². The van der Waals surface area contributed by atoms with Crippen molar-refractivity contribution in [3.63, 3.8) is 0 Å². The van der Waals surface area contributed by atoms with Gasteiger partial charge in [0.1, 0.15) is 12.2 Å². The van der Waals surface area contributed by atoms with Crippen LogP contribution in [0.3, 0.4) is 0 Å². The average molecular weight is 624 g/mol. The highest BCUT2D eigenvalue weighted by Crippen LogP contribution is 2.35. The molecule has 45 heavy (non-hydrogen) atoms. The Kier molecular flexibility index (Phi) is 11.1. The van der Waals surface area contributed by atoms with Crippen LogP contribution in [-0.2, 0) is 0 Å². The van der Waals surface area contributed by atoms with Crippen molar-refractivity contribution in [2.45, 2.75) is 52.0 Å². The Morgan fingerprint density at radius 1 is 0.867 bits per heavy atom. The number of rotatable bonds is 14. The van der Waals surface area contributed by atoms with Gasteiger partial charge in [-0.1, -0.05) is 5.57 Å². The van der Waals surface area contributed by atoms with Crippen LogP contribution in [0.15, 0.2) is 47.8 Å². The number of nitrogens with two attached hydrogens (primary N) is 2. The first-order valence-corrected chi connectivity index (χ1v) is 14.9. The van der Waals surface area contributed by atoms with Gasteiger partial charge in [0.05, 0.1) is 57.8 Å². The van der Waals surface area contributed by atoms with E-state index in [1.165, 1.54) is 23.7 Å². The molecule has 0 aromatic heterocycles. The van der Waals surface area contributed by atoms with E-state index in [1.54, 1.807) is 36.7 Å². The van der Waals surface area contributed by atoms with Crippen molar-refractivity contribution >= 4 is 28.9 Å². The Balaban J connectivity index is 1.28. The molecule has 0 fully saturated rings. The Morgan fingerprint density at radius 2 is 1.44 bits per heavy atom. The third-order valence-electron chi connectivity index (χ3n) is 7.77. The molecule has 2 aliphatic heterocycles. The third kappa shape index (κ3) is 7.58. The average Bonchev–Trinajstić information content (AvgIpc) is 3.61. The highest BCUT2D eigenvalue weighted by atomic mass is 16.5. The van der Waals surface area contributed by atoms with Crippen LogP contribution in [0.4, 0.5) is 11.4 Å². The Labute approximate surface area is 263 Å². The fourth-order valence-electron chi connectivity index (χ4n) is 5.42. The summed E-state index contributed by atoms with van der Waals surface area (Å²) >= 11 is 0. The van der Waals surface area contributed by atoms with Crippen LogP contribution in [0.1, 0.15) is 66.7 Å². The zero-order valence-electron chi connectivity index (χ0n) is 26.3. The number of allylic oxidation sites excluding steroid dienone is 1. The van der Waals surface area contributed by atoms with Gasteiger partial charge in [0.15, 0.2) is 34.9 Å². The van der Waals surface area contributed by atoms with Gasteiger partial charge in [-0.2, -0.15) is 0 Å². The zero-order chi connectivity index (χ0) is 32.7. The van der Waals surface area contributed by atoms with E-state index in [1.807, 2.05) is 13.8 Å². The molecule has 12 heteroatoms. The summed E-state index contributed by atoms with van der Waals surface area (Å²) in [5, 5.41) is 19.3. The van der Waals surface area contributed by atoms with Crippen molar-refractivity contribution in [1.29, 1.82) is 0 Å². The second-order valence-electron chi connectivity index (χ2n) is 11.2. The Bertz CT molecular complexity index is 1530. The first-order valence-electron chi connectivity index (χ1n) is 14.9. The summed E-state index contributed by atoms with van der Waals surface area (Å²) in [6, 6.07) is 5.98. The Morgan fingerprint density at radius 3 is 2.00 bits per heavy atom. The molecule has 2 aromatic carbocycles. The molecule has 242 valence electrons. The molecule has 2 amide bonds. The monoisotopic (exact) mass is 623 g/mol. The van der Waals surface area contributed by atoms with E-state index >= 15 is 0 Å². The van der Waals surface area contributed by atoms with Gasteiger partial charge in [-0.15, -0.1) is 4.58 Å². The number of aliphatic hydroxyl groups is 2. The molecule has 0 radical (unpaired) electrons. The normalized spacial score (nSPS) is 16.0. The molecule has 2 aliphatic rings. The van der Waals surface area contributed by atoms with Gasteiger partial charge in [0, 0.05) is 35.7 Å². The maximum Gasteiger partial charge on any atom is 0.426 e. The zero-order valence-corrected chi connectivity index (χ0v) is 26.3. The lowest BCUT2D eigenvalue weighted by atomic mass is 10.1. The number of carbonyl (C=O) groups is 2. The van der Waals surface area contributed by atoms with E-state index in [-0.39, 0.29) is 53.6 Å². The molecule has 0 saturated carbocycles. The number of amides is 2. The van der Waals surface area contributed by atoms with Crippen LogP contribution in [-0.4, -0.2) is 83.9 Å². The molecule has 0 bridgehead atoms. The fourth-order valence-corrected chi connectivity index (χ4v) is 5.42. The summed E-state index contributed by atoms with van der Waals surface area (Å²) in [5.41, 5.74) is 16.1. The number of hydrogen-bond acceptors (Lipinski definition) is 10. The Hall–Kier alpha value is -4.55. The highest BCUT2D eigenvalue weighted by molar-refractivity contribution is 6.01. The van der Waals surface area contributed by atoms with Crippen LogP contribution in [0, 0.1) is 0 Å². The number of benzene rings is 2. The lowest BCUT2D eigenvalue weighted by Crippen LogP contribution is -2.35. The summed E-state index contributed by atoms with van der Waals surface area (Å²) in [4.78, 5) is 27.8. The molecular formula is C33H43N4O8+. The number of carbonyl (C=O) groups excluding carboxylic acids is 2. The van der Waals surface area contributed by atoms with Crippen molar-refractivity contribution in [1.82, 2.24) is 4.90 Å².